The number of thiazole rings is 1. The summed E-state index contributed by atoms with van der Waals surface area (Å²) in [7, 11) is 0. The normalized spacial score (nSPS) is 10.4. The third kappa shape index (κ3) is 2.35. The molecule has 0 aliphatic rings. The molecule has 4 heteroatoms. The molecule has 2 aromatic rings. The topological polar surface area (TPSA) is 38.1 Å². The van der Waals surface area contributed by atoms with Crippen molar-refractivity contribution in [2.75, 3.05) is 11.9 Å². The molecule has 3 nitrogen and oxygen atoms in total. The fourth-order valence-electron chi connectivity index (χ4n) is 1.18. The number of hydrogen-bond acceptors (Lipinski definition) is 4. The molecule has 0 radical (unpaired) electrons. The van der Waals surface area contributed by atoms with Crippen LogP contribution in [0.15, 0.2) is 29.0 Å². The summed E-state index contributed by atoms with van der Waals surface area (Å²) in [6.07, 6.45) is 4.47. The lowest BCUT2D eigenvalue weighted by Crippen LogP contribution is -2.03. The first kappa shape index (κ1) is 9.27. The maximum absolute atomic E-state index is 5.22. The van der Waals surface area contributed by atoms with Crippen LogP contribution in [0.5, 0.6) is 0 Å². The van der Waals surface area contributed by atoms with Gasteiger partial charge in [0, 0.05) is 24.0 Å². The van der Waals surface area contributed by atoms with E-state index in [2.05, 4.69) is 17.2 Å². The third-order valence-electron chi connectivity index (χ3n) is 1.85. The van der Waals surface area contributed by atoms with Gasteiger partial charge in [-0.05, 0) is 19.1 Å². The van der Waals surface area contributed by atoms with Gasteiger partial charge in [-0.3, -0.25) is 0 Å². The van der Waals surface area contributed by atoms with Crippen molar-refractivity contribution in [2.45, 2.75) is 13.3 Å². The zero-order valence-electron chi connectivity index (χ0n) is 7.99. The second-order valence-corrected chi connectivity index (χ2v) is 4.27. The Hall–Kier alpha value is -1.29. The van der Waals surface area contributed by atoms with Crippen LogP contribution >= 0.6 is 11.3 Å². The van der Waals surface area contributed by atoms with Gasteiger partial charge in [-0.2, -0.15) is 0 Å². The van der Waals surface area contributed by atoms with E-state index in [1.54, 1.807) is 17.6 Å². The predicted octanol–water partition coefficient (Wildman–Crippen LogP) is 2.70. The van der Waals surface area contributed by atoms with Gasteiger partial charge in [-0.15, -0.1) is 11.3 Å². The minimum Gasteiger partial charge on any atom is -0.469 e. The largest absolute Gasteiger partial charge is 0.469 e. The smallest absolute Gasteiger partial charge is 0.182 e. The van der Waals surface area contributed by atoms with Gasteiger partial charge in [0.1, 0.15) is 5.76 Å². The van der Waals surface area contributed by atoms with Crippen molar-refractivity contribution in [3.8, 4) is 0 Å². The summed E-state index contributed by atoms with van der Waals surface area (Å²) in [5, 5.41) is 4.23. The van der Waals surface area contributed by atoms with E-state index >= 15 is 0 Å². The Morgan fingerprint density at radius 3 is 3.14 bits per heavy atom. The maximum Gasteiger partial charge on any atom is 0.182 e. The van der Waals surface area contributed by atoms with E-state index in [9.17, 15) is 0 Å². The van der Waals surface area contributed by atoms with Crippen molar-refractivity contribution < 1.29 is 4.42 Å². The molecule has 2 rings (SSSR count). The summed E-state index contributed by atoms with van der Waals surface area (Å²) in [6.45, 7) is 2.91. The minimum absolute atomic E-state index is 0.862. The molecule has 0 aromatic carbocycles. The van der Waals surface area contributed by atoms with Gasteiger partial charge in [0.25, 0.3) is 0 Å². The van der Waals surface area contributed by atoms with Crippen LogP contribution in [0, 0.1) is 6.92 Å². The van der Waals surface area contributed by atoms with Crippen LogP contribution in [0.2, 0.25) is 0 Å². The minimum atomic E-state index is 0.862. The first-order chi connectivity index (χ1) is 6.84. The Labute approximate surface area is 86.8 Å². The molecule has 0 spiro atoms. The van der Waals surface area contributed by atoms with E-state index in [-0.39, 0.29) is 0 Å². The highest BCUT2D eigenvalue weighted by Gasteiger charge is 1.98. The zero-order valence-corrected chi connectivity index (χ0v) is 8.80. The molecule has 0 saturated carbocycles. The average molecular weight is 208 g/mol. The molecule has 0 fully saturated rings. The van der Waals surface area contributed by atoms with Crippen molar-refractivity contribution in [3.63, 3.8) is 0 Å². The molecule has 1 N–H and O–H groups in total. The summed E-state index contributed by atoms with van der Waals surface area (Å²) in [4.78, 5) is 5.44. The van der Waals surface area contributed by atoms with E-state index in [1.165, 1.54) is 4.88 Å². The molecule has 0 saturated heterocycles. The summed E-state index contributed by atoms with van der Waals surface area (Å²) in [5.74, 6) is 1.01. The first-order valence-corrected chi connectivity index (χ1v) is 5.35. The Morgan fingerprint density at radius 1 is 1.57 bits per heavy atom. The molecule has 0 aliphatic heterocycles. The van der Waals surface area contributed by atoms with E-state index in [0.717, 1.165) is 23.9 Å². The van der Waals surface area contributed by atoms with Gasteiger partial charge >= 0.3 is 0 Å². The van der Waals surface area contributed by atoms with Crippen LogP contribution in [0.4, 0.5) is 5.13 Å². The number of nitrogens with one attached hydrogen (secondary N) is 1. The Kier molecular flexibility index (Phi) is 2.84. The van der Waals surface area contributed by atoms with Crippen molar-refractivity contribution in [1.29, 1.82) is 0 Å². The number of nitrogens with zero attached hydrogens (tertiary/aromatic N) is 1. The van der Waals surface area contributed by atoms with Gasteiger partial charge in [0.05, 0.1) is 6.26 Å². The average Bonchev–Trinajstić information content (AvgIpc) is 2.77. The molecule has 0 aliphatic carbocycles. The second kappa shape index (κ2) is 4.28. The number of hydrogen-bond donors (Lipinski definition) is 1. The maximum atomic E-state index is 5.22. The highest BCUT2D eigenvalue weighted by molar-refractivity contribution is 7.15. The van der Waals surface area contributed by atoms with Crippen molar-refractivity contribution in [3.05, 3.63) is 35.2 Å². The van der Waals surface area contributed by atoms with E-state index in [0.29, 0.717) is 0 Å². The molecule has 0 unspecified atom stereocenters. The van der Waals surface area contributed by atoms with Gasteiger partial charge in [-0.1, -0.05) is 0 Å². The van der Waals surface area contributed by atoms with Gasteiger partial charge in [-0.25, -0.2) is 4.98 Å². The SMILES string of the molecule is Cc1cnc(NCCc2ccco2)s1. The van der Waals surface area contributed by atoms with Gasteiger partial charge in [0.15, 0.2) is 5.13 Å². The van der Waals surface area contributed by atoms with Crippen LogP contribution in [-0.4, -0.2) is 11.5 Å². The summed E-state index contributed by atoms with van der Waals surface area (Å²) in [6, 6.07) is 3.89. The number of anilines is 1. The molecular weight excluding hydrogens is 196 g/mol. The Bertz CT molecular complexity index is 380. The van der Waals surface area contributed by atoms with Crippen LogP contribution in [0.1, 0.15) is 10.6 Å². The van der Waals surface area contributed by atoms with Gasteiger partial charge in [0.2, 0.25) is 0 Å². The standard InChI is InChI=1S/C10H12N2OS/c1-8-7-12-10(14-8)11-5-4-9-3-2-6-13-9/h2-3,6-7H,4-5H2,1H3,(H,11,12). The van der Waals surface area contributed by atoms with Crippen molar-refractivity contribution >= 4 is 16.5 Å². The predicted molar refractivity (Wildman–Crippen MR) is 57.8 cm³/mol. The quantitative estimate of drug-likeness (QED) is 0.839. The van der Waals surface area contributed by atoms with Gasteiger partial charge < -0.3 is 9.73 Å². The second-order valence-electron chi connectivity index (χ2n) is 3.03. The van der Waals surface area contributed by atoms with E-state index in [4.69, 9.17) is 4.42 Å². The van der Waals surface area contributed by atoms with Crippen molar-refractivity contribution in [2.24, 2.45) is 0 Å². The third-order valence-corrected chi connectivity index (χ3v) is 2.72. The van der Waals surface area contributed by atoms with E-state index < -0.39 is 0 Å². The zero-order chi connectivity index (χ0) is 9.80. The summed E-state index contributed by atoms with van der Waals surface area (Å²) in [5.41, 5.74) is 0. The molecule has 2 heterocycles. The summed E-state index contributed by atoms with van der Waals surface area (Å²) >= 11 is 1.67. The summed E-state index contributed by atoms with van der Waals surface area (Å²) < 4.78 is 5.22. The molecule has 2 aromatic heterocycles. The van der Waals surface area contributed by atoms with Crippen LogP contribution in [0.3, 0.4) is 0 Å². The fraction of sp³-hybridized carbons (Fsp3) is 0.300. The molecule has 0 amide bonds. The molecule has 14 heavy (non-hydrogen) atoms. The Balaban J connectivity index is 1.78. The number of aromatic nitrogens is 1. The van der Waals surface area contributed by atoms with Crippen LogP contribution in [-0.2, 0) is 6.42 Å². The molecular formula is C10H12N2OS. The first-order valence-electron chi connectivity index (χ1n) is 4.53. The lowest BCUT2D eigenvalue weighted by molar-refractivity contribution is 0.513. The number of furan rings is 1. The lowest BCUT2D eigenvalue weighted by atomic mass is 10.3. The Morgan fingerprint density at radius 2 is 2.50 bits per heavy atom. The number of rotatable bonds is 4. The highest BCUT2D eigenvalue weighted by atomic mass is 32.1. The van der Waals surface area contributed by atoms with E-state index in [1.807, 2.05) is 18.3 Å². The molecule has 74 valence electrons. The fourth-order valence-corrected chi connectivity index (χ4v) is 1.87. The molecule has 0 bridgehead atoms. The van der Waals surface area contributed by atoms with Crippen LogP contribution in [0.25, 0.3) is 0 Å². The number of aryl methyl sites for hydroxylation is 1. The monoisotopic (exact) mass is 208 g/mol. The highest BCUT2D eigenvalue weighted by Crippen LogP contribution is 2.16. The van der Waals surface area contributed by atoms with Crippen molar-refractivity contribution in [1.82, 2.24) is 4.98 Å². The van der Waals surface area contributed by atoms with Crippen LogP contribution < -0.4 is 5.32 Å². The molecule has 0 atom stereocenters. The lowest BCUT2D eigenvalue weighted by Gasteiger charge is -1.99.